The van der Waals surface area contributed by atoms with Crippen molar-refractivity contribution in [1.82, 2.24) is 5.32 Å². The number of carbonyl (C=O) groups excluding carboxylic acids is 1. The molecule has 1 heterocycles. The second kappa shape index (κ2) is 9.94. The van der Waals surface area contributed by atoms with Gasteiger partial charge >= 0.3 is 0 Å². The third-order valence-electron chi connectivity index (χ3n) is 4.69. The van der Waals surface area contributed by atoms with Crippen molar-refractivity contribution in [1.29, 1.82) is 0 Å². The Bertz CT molecular complexity index is 1130. The van der Waals surface area contributed by atoms with E-state index in [0.29, 0.717) is 11.6 Å². The van der Waals surface area contributed by atoms with Gasteiger partial charge in [-0.1, -0.05) is 56.3 Å². The molecule has 2 aromatic carbocycles. The Morgan fingerprint density at radius 1 is 0.968 bits per heavy atom. The fraction of sp³-hybridized carbons (Fsp3) is 0.208. The molecule has 162 valence electrons. The van der Waals surface area contributed by atoms with Crippen LogP contribution in [-0.2, 0) is 14.8 Å². The highest BCUT2D eigenvalue weighted by molar-refractivity contribution is 7.92. The molecule has 0 saturated heterocycles. The van der Waals surface area contributed by atoms with Crippen LogP contribution in [-0.4, -0.2) is 20.6 Å². The summed E-state index contributed by atoms with van der Waals surface area (Å²) in [5.74, 6) is 0.246. The van der Waals surface area contributed by atoms with Crippen LogP contribution >= 0.6 is 11.3 Å². The summed E-state index contributed by atoms with van der Waals surface area (Å²) >= 11 is 1.60. The summed E-state index contributed by atoms with van der Waals surface area (Å²) in [5, 5.41) is 5.09. The van der Waals surface area contributed by atoms with Crippen LogP contribution in [0.3, 0.4) is 0 Å². The first-order valence-electron chi connectivity index (χ1n) is 9.91. The number of hydrogen-bond acceptors (Lipinski definition) is 4. The van der Waals surface area contributed by atoms with Gasteiger partial charge in [-0.3, -0.25) is 9.52 Å². The largest absolute Gasteiger partial charge is 0.341 e. The number of benzene rings is 2. The minimum Gasteiger partial charge on any atom is -0.341 e. The normalized spacial score (nSPS) is 12.8. The molecule has 0 spiro atoms. The van der Waals surface area contributed by atoms with Gasteiger partial charge < -0.3 is 5.32 Å². The van der Waals surface area contributed by atoms with Crippen LogP contribution in [0.4, 0.5) is 5.69 Å². The molecule has 1 atom stereocenters. The number of amides is 1. The number of sulfonamides is 1. The van der Waals surface area contributed by atoms with Gasteiger partial charge in [-0.05, 0) is 52.3 Å². The molecule has 0 radical (unpaired) electrons. The van der Waals surface area contributed by atoms with Gasteiger partial charge in [0, 0.05) is 16.6 Å². The van der Waals surface area contributed by atoms with Gasteiger partial charge in [0.05, 0.1) is 12.3 Å². The summed E-state index contributed by atoms with van der Waals surface area (Å²) in [6.07, 6.45) is 4.29. The smallest absolute Gasteiger partial charge is 0.244 e. The molecule has 3 aromatic rings. The standard InChI is InChI=1S/C24H26N2O3S2/c1-17(2)19-9-11-20(12-10-19)24(22-5-4-16-30-22)25-23(27)15-8-18-6-13-21(14-7-18)26-31(3,28)29/h4-17,24,26H,1-3H3,(H,25,27)/b15-8+. The van der Waals surface area contributed by atoms with Gasteiger partial charge in [0.2, 0.25) is 15.9 Å². The van der Waals surface area contributed by atoms with Crippen molar-refractivity contribution >= 4 is 39.0 Å². The molecule has 0 aliphatic rings. The first-order valence-corrected chi connectivity index (χ1v) is 12.7. The highest BCUT2D eigenvalue weighted by Crippen LogP contribution is 2.27. The maximum Gasteiger partial charge on any atom is 0.244 e. The number of rotatable bonds is 8. The van der Waals surface area contributed by atoms with E-state index in [1.807, 2.05) is 17.5 Å². The molecule has 0 aliphatic carbocycles. The van der Waals surface area contributed by atoms with Crippen LogP contribution in [0.15, 0.2) is 72.1 Å². The fourth-order valence-corrected chi connectivity index (χ4v) is 4.45. The average molecular weight is 455 g/mol. The zero-order valence-corrected chi connectivity index (χ0v) is 19.3. The Morgan fingerprint density at radius 3 is 2.16 bits per heavy atom. The maximum absolute atomic E-state index is 12.6. The van der Waals surface area contributed by atoms with Crippen molar-refractivity contribution in [3.05, 3.63) is 93.7 Å². The highest BCUT2D eigenvalue weighted by atomic mass is 32.2. The fourth-order valence-electron chi connectivity index (χ4n) is 3.09. The average Bonchev–Trinajstić information content (AvgIpc) is 3.25. The summed E-state index contributed by atoms with van der Waals surface area (Å²) in [6, 6.07) is 18.9. The molecule has 3 rings (SSSR count). The molecule has 0 saturated carbocycles. The third-order valence-corrected chi connectivity index (χ3v) is 6.24. The number of anilines is 1. The van der Waals surface area contributed by atoms with Crippen molar-refractivity contribution in [3.63, 3.8) is 0 Å². The Kier molecular flexibility index (Phi) is 7.30. The van der Waals surface area contributed by atoms with Crippen molar-refractivity contribution in [2.45, 2.75) is 25.8 Å². The van der Waals surface area contributed by atoms with Crippen LogP contribution in [0, 0.1) is 0 Å². The summed E-state index contributed by atoms with van der Waals surface area (Å²) in [4.78, 5) is 13.7. The van der Waals surface area contributed by atoms with Crippen LogP contribution in [0.5, 0.6) is 0 Å². The minimum absolute atomic E-state index is 0.204. The molecular weight excluding hydrogens is 428 g/mol. The predicted octanol–water partition coefficient (Wildman–Crippen LogP) is 5.16. The van der Waals surface area contributed by atoms with Crippen molar-refractivity contribution in [3.8, 4) is 0 Å². The van der Waals surface area contributed by atoms with Gasteiger partial charge in [-0.15, -0.1) is 11.3 Å². The van der Waals surface area contributed by atoms with Crippen LogP contribution in [0.1, 0.15) is 47.4 Å². The summed E-state index contributed by atoms with van der Waals surface area (Å²) < 4.78 is 25.0. The van der Waals surface area contributed by atoms with Gasteiger partial charge in [0.15, 0.2) is 0 Å². The van der Waals surface area contributed by atoms with Gasteiger partial charge in [-0.25, -0.2) is 8.42 Å². The summed E-state index contributed by atoms with van der Waals surface area (Å²) in [6.45, 7) is 4.31. The second-order valence-corrected chi connectivity index (χ2v) is 10.3. The Labute approximate surface area is 187 Å². The SMILES string of the molecule is CC(C)c1ccc(C(NC(=O)/C=C/c2ccc(NS(C)(=O)=O)cc2)c2cccs2)cc1. The zero-order valence-electron chi connectivity index (χ0n) is 17.7. The molecule has 0 fully saturated rings. The summed E-state index contributed by atoms with van der Waals surface area (Å²) in [7, 11) is -3.32. The zero-order chi connectivity index (χ0) is 22.4. The van der Waals surface area contributed by atoms with E-state index in [9.17, 15) is 13.2 Å². The molecule has 1 amide bonds. The third kappa shape index (κ3) is 6.80. The van der Waals surface area contributed by atoms with Crippen LogP contribution < -0.4 is 10.0 Å². The number of carbonyl (C=O) groups is 1. The molecular formula is C24H26N2O3S2. The number of nitrogens with one attached hydrogen (secondary N) is 2. The second-order valence-electron chi connectivity index (χ2n) is 7.61. The Balaban J connectivity index is 1.72. The predicted molar refractivity (Wildman–Crippen MR) is 129 cm³/mol. The molecule has 0 bridgehead atoms. The minimum atomic E-state index is -3.32. The van der Waals surface area contributed by atoms with E-state index in [4.69, 9.17) is 0 Å². The van der Waals surface area contributed by atoms with Crippen LogP contribution in [0.25, 0.3) is 6.08 Å². The topological polar surface area (TPSA) is 75.3 Å². The lowest BCUT2D eigenvalue weighted by Gasteiger charge is -2.18. The van der Waals surface area contributed by atoms with Crippen LogP contribution in [0.2, 0.25) is 0 Å². The lowest BCUT2D eigenvalue weighted by atomic mass is 9.98. The molecule has 0 aliphatic heterocycles. The monoisotopic (exact) mass is 454 g/mol. The van der Waals surface area contributed by atoms with E-state index in [1.54, 1.807) is 41.7 Å². The van der Waals surface area contributed by atoms with E-state index in [1.165, 1.54) is 11.6 Å². The van der Waals surface area contributed by atoms with E-state index in [-0.39, 0.29) is 11.9 Å². The van der Waals surface area contributed by atoms with Crippen molar-refractivity contribution < 1.29 is 13.2 Å². The first kappa shape index (κ1) is 22.8. The summed E-state index contributed by atoms with van der Waals surface area (Å²) in [5.41, 5.74) is 3.56. The van der Waals surface area contributed by atoms with Gasteiger partial charge in [0.1, 0.15) is 0 Å². The molecule has 7 heteroatoms. The van der Waals surface area contributed by atoms with Crippen molar-refractivity contribution in [2.24, 2.45) is 0 Å². The lowest BCUT2D eigenvalue weighted by Crippen LogP contribution is -2.27. The van der Waals surface area contributed by atoms with Gasteiger partial charge in [0.25, 0.3) is 0 Å². The van der Waals surface area contributed by atoms with Crippen molar-refractivity contribution in [2.75, 3.05) is 11.0 Å². The molecule has 31 heavy (non-hydrogen) atoms. The molecule has 2 N–H and O–H groups in total. The molecule has 5 nitrogen and oxygen atoms in total. The maximum atomic E-state index is 12.6. The lowest BCUT2D eigenvalue weighted by molar-refractivity contribution is -0.116. The number of thiophene rings is 1. The van der Waals surface area contributed by atoms with E-state index in [0.717, 1.165) is 22.3 Å². The quantitative estimate of drug-likeness (QED) is 0.462. The van der Waals surface area contributed by atoms with E-state index in [2.05, 4.69) is 48.2 Å². The van der Waals surface area contributed by atoms with Gasteiger partial charge in [-0.2, -0.15) is 0 Å². The first-order chi connectivity index (χ1) is 14.7. The highest BCUT2D eigenvalue weighted by Gasteiger charge is 2.17. The molecule has 1 unspecified atom stereocenters. The number of hydrogen-bond donors (Lipinski definition) is 2. The van der Waals surface area contributed by atoms with E-state index >= 15 is 0 Å². The Hall–Kier alpha value is -2.90. The van der Waals surface area contributed by atoms with E-state index < -0.39 is 10.0 Å². The molecule has 1 aromatic heterocycles. The Morgan fingerprint density at radius 2 is 1.61 bits per heavy atom.